The molecule has 0 atom stereocenters. The Balaban J connectivity index is 1.94. The van der Waals surface area contributed by atoms with Crippen molar-refractivity contribution in [2.45, 2.75) is 0 Å². The van der Waals surface area contributed by atoms with Gasteiger partial charge in [0.05, 0.1) is 35.5 Å². The van der Waals surface area contributed by atoms with Crippen molar-refractivity contribution in [3.05, 3.63) is 70.0 Å². The molecule has 0 radical (unpaired) electrons. The lowest BCUT2D eigenvalue weighted by molar-refractivity contribution is -0.384. The number of carboxylic acids is 1. The van der Waals surface area contributed by atoms with Crippen molar-refractivity contribution in [1.82, 2.24) is 9.78 Å². The van der Waals surface area contributed by atoms with E-state index in [9.17, 15) is 24.8 Å². The van der Waals surface area contributed by atoms with Crippen LogP contribution >= 0.6 is 0 Å². The lowest BCUT2D eigenvalue weighted by Crippen LogP contribution is -2.17. The zero-order chi connectivity index (χ0) is 21.8. The largest absolute Gasteiger partial charge is 0.493 e. The van der Waals surface area contributed by atoms with E-state index in [2.05, 4.69) is 10.4 Å². The number of nitrogens with zero attached hydrogens (tertiary/aromatic N) is 3. The Hall–Kier alpha value is -4.41. The summed E-state index contributed by atoms with van der Waals surface area (Å²) >= 11 is 0. The molecule has 154 valence electrons. The van der Waals surface area contributed by atoms with E-state index < -0.39 is 16.8 Å². The Morgan fingerprint density at radius 1 is 1.20 bits per heavy atom. The average Bonchev–Trinajstić information content (AvgIpc) is 3.10. The summed E-state index contributed by atoms with van der Waals surface area (Å²) in [6.07, 6.45) is 1.10. The van der Waals surface area contributed by atoms with Crippen molar-refractivity contribution in [1.29, 1.82) is 0 Å². The smallest absolute Gasteiger partial charge is 0.354 e. The molecule has 2 N–H and O–H groups in total. The number of benzene rings is 2. The molecule has 1 aromatic heterocycles. The first kappa shape index (κ1) is 20.3. The fraction of sp³-hybridized carbons (Fsp3) is 0.105. The molecule has 2 aromatic carbocycles. The van der Waals surface area contributed by atoms with E-state index in [0.29, 0.717) is 11.5 Å². The molecule has 3 aromatic rings. The van der Waals surface area contributed by atoms with Crippen LogP contribution in [-0.4, -0.2) is 38.8 Å². The number of amides is 1. The van der Waals surface area contributed by atoms with E-state index in [-0.39, 0.29) is 28.4 Å². The van der Waals surface area contributed by atoms with Gasteiger partial charge in [-0.15, -0.1) is 0 Å². The Bertz CT molecular complexity index is 1140. The number of rotatable bonds is 7. The van der Waals surface area contributed by atoms with Crippen molar-refractivity contribution in [3.63, 3.8) is 0 Å². The number of carbonyl (C=O) groups is 2. The molecule has 0 fully saturated rings. The van der Waals surface area contributed by atoms with Crippen LogP contribution in [0, 0.1) is 10.1 Å². The Morgan fingerprint density at radius 2 is 1.90 bits per heavy atom. The summed E-state index contributed by atoms with van der Waals surface area (Å²) in [6.45, 7) is 0. The first-order chi connectivity index (χ1) is 14.3. The number of aryl methyl sites for hydroxylation is 1. The Morgan fingerprint density at radius 3 is 2.53 bits per heavy atom. The van der Waals surface area contributed by atoms with Crippen LogP contribution in [0.3, 0.4) is 0 Å². The van der Waals surface area contributed by atoms with Crippen LogP contribution in [0.15, 0.2) is 48.7 Å². The molecule has 3 rings (SSSR count). The van der Waals surface area contributed by atoms with E-state index >= 15 is 0 Å². The van der Waals surface area contributed by atoms with Crippen LogP contribution in [-0.2, 0) is 7.05 Å². The average molecular weight is 412 g/mol. The molecule has 30 heavy (non-hydrogen) atoms. The molecule has 0 bridgehead atoms. The van der Waals surface area contributed by atoms with Gasteiger partial charge < -0.3 is 19.9 Å². The van der Waals surface area contributed by atoms with Crippen LogP contribution in [0.5, 0.6) is 17.2 Å². The number of nitrogens with one attached hydrogen (secondary N) is 1. The van der Waals surface area contributed by atoms with Gasteiger partial charge in [0.2, 0.25) is 0 Å². The van der Waals surface area contributed by atoms with Crippen LogP contribution in [0.25, 0.3) is 0 Å². The van der Waals surface area contributed by atoms with Gasteiger partial charge in [-0.2, -0.15) is 5.10 Å². The number of methoxy groups -OCH3 is 1. The van der Waals surface area contributed by atoms with Gasteiger partial charge in [-0.1, -0.05) is 12.1 Å². The molecule has 11 heteroatoms. The van der Waals surface area contributed by atoms with E-state index in [1.165, 1.54) is 26.3 Å². The third-order valence-corrected chi connectivity index (χ3v) is 4.04. The molecule has 0 saturated carbocycles. The number of aromatic nitrogens is 2. The van der Waals surface area contributed by atoms with E-state index in [1.54, 1.807) is 24.3 Å². The maximum atomic E-state index is 12.5. The van der Waals surface area contributed by atoms with Crippen LogP contribution in [0.1, 0.15) is 20.8 Å². The number of ether oxygens (including phenoxy) is 2. The second kappa shape index (κ2) is 8.31. The van der Waals surface area contributed by atoms with Gasteiger partial charge in [-0.25, -0.2) is 4.79 Å². The van der Waals surface area contributed by atoms with Gasteiger partial charge in [0.25, 0.3) is 11.6 Å². The molecule has 0 spiro atoms. The maximum absolute atomic E-state index is 12.5. The Kier molecular flexibility index (Phi) is 5.63. The van der Waals surface area contributed by atoms with Crippen molar-refractivity contribution in [2.75, 3.05) is 12.4 Å². The molecule has 0 saturated heterocycles. The topological polar surface area (TPSA) is 146 Å². The van der Waals surface area contributed by atoms with Gasteiger partial charge in [-0.3, -0.25) is 19.6 Å². The highest BCUT2D eigenvalue weighted by molar-refractivity contribution is 6.10. The molecule has 1 heterocycles. The van der Waals surface area contributed by atoms with Crippen molar-refractivity contribution < 1.29 is 29.1 Å². The van der Waals surface area contributed by atoms with Crippen LogP contribution in [0.2, 0.25) is 0 Å². The standard InChI is InChI=1S/C19H16N4O7/c1-22-17(19(25)26)14(10-20-22)18(24)21-11-7-12(23(27)28)9-13(8-11)30-16-6-4-3-5-15(16)29-2/h3-10H,1-2H3,(H,21,24)(H,25,26). The number of carbonyl (C=O) groups excluding carboxylic acids is 1. The highest BCUT2D eigenvalue weighted by Gasteiger charge is 2.22. The molecule has 1 amide bonds. The molecule has 11 nitrogen and oxygen atoms in total. The molecule has 0 aliphatic heterocycles. The predicted octanol–water partition coefficient (Wildman–Crippen LogP) is 3.08. The van der Waals surface area contributed by atoms with Crippen molar-refractivity contribution >= 4 is 23.3 Å². The van der Waals surface area contributed by atoms with Crippen LogP contribution < -0.4 is 14.8 Å². The first-order valence-electron chi connectivity index (χ1n) is 8.47. The van der Waals surface area contributed by atoms with E-state index in [1.807, 2.05) is 0 Å². The fourth-order valence-corrected chi connectivity index (χ4v) is 2.71. The lowest BCUT2D eigenvalue weighted by atomic mass is 10.2. The number of anilines is 1. The molecular weight excluding hydrogens is 396 g/mol. The van der Waals surface area contributed by atoms with Gasteiger partial charge in [-0.05, 0) is 12.1 Å². The normalized spacial score (nSPS) is 10.3. The van der Waals surface area contributed by atoms with Crippen LogP contribution in [0.4, 0.5) is 11.4 Å². The number of carboxylic acid groups (broad SMARTS) is 1. The Labute approximate surface area is 169 Å². The fourth-order valence-electron chi connectivity index (χ4n) is 2.71. The van der Waals surface area contributed by atoms with Gasteiger partial charge in [0.15, 0.2) is 17.2 Å². The van der Waals surface area contributed by atoms with Gasteiger partial charge in [0, 0.05) is 19.2 Å². The zero-order valence-electron chi connectivity index (χ0n) is 15.9. The summed E-state index contributed by atoms with van der Waals surface area (Å²) in [5.41, 5.74) is -0.797. The predicted molar refractivity (Wildman–Crippen MR) is 104 cm³/mol. The molecular formula is C19H16N4O7. The van der Waals surface area contributed by atoms with E-state index in [4.69, 9.17) is 9.47 Å². The number of nitro groups is 1. The first-order valence-corrected chi connectivity index (χ1v) is 8.47. The summed E-state index contributed by atoms with van der Waals surface area (Å²) in [7, 11) is 2.84. The van der Waals surface area contributed by atoms with Gasteiger partial charge in [0.1, 0.15) is 5.75 Å². The quantitative estimate of drug-likeness (QED) is 0.445. The minimum absolute atomic E-state index is 0.0410. The summed E-state index contributed by atoms with van der Waals surface area (Å²) in [5, 5.41) is 26.8. The second-order valence-electron chi connectivity index (χ2n) is 6.02. The number of hydrogen-bond donors (Lipinski definition) is 2. The van der Waals surface area contributed by atoms with Crippen molar-refractivity contribution in [3.8, 4) is 17.2 Å². The number of nitro benzene ring substituents is 1. The summed E-state index contributed by atoms with van der Waals surface area (Å²) in [6, 6.07) is 10.4. The molecule has 0 unspecified atom stereocenters. The minimum atomic E-state index is -1.33. The lowest BCUT2D eigenvalue weighted by Gasteiger charge is -2.11. The minimum Gasteiger partial charge on any atom is -0.493 e. The highest BCUT2D eigenvalue weighted by Crippen LogP contribution is 2.34. The maximum Gasteiger partial charge on any atom is 0.354 e. The number of hydrogen-bond acceptors (Lipinski definition) is 7. The third-order valence-electron chi connectivity index (χ3n) is 4.04. The van der Waals surface area contributed by atoms with E-state index in [0.717, 1.165) is 16.9 Å². The number of para-hydroxylation sites is 2. The van der Waals surface area contributed by atoms with Crippen molar-refractivity contribution in [2.24, 2.45) is 7.05 Å². The second-order valence-corrected chi connectivity index (χ2v) is 6.02. The zero-order valence-corrected chi connectivity index (χ0v) is 15.9. The highest BCUT2D eigenvalue weighted by atomic mass is 16.6. The number of aromatic carboxylic acids is 1. The summed E-state index contributed by atoms with van der Waals surface area (Å²) < 4.78 is 11.9. The number of non-ortho nitro benzene ring substituents is 1. The third kappa shape index (κ3) is 4.19. The van der Waals surface area contributed by atoms with Gasteiger partial charge >= 0.3 is 5.97 Å². The monoisotopic (exact) mass is 412 g/mol. The molecule has 0 aliphatic rings. The SMILES string of the molecule is COc1ccccc1Oc1cc(NC(=O)c2cnn(C)c2C(=O)O)cc([N+](=O)[O-])c1. The molecule has 0 aliphatic carbocycles. The summed E-state index contributed by atoms with van der Waals surface area (Å²) in [4.78, 5) is 34.6. The summed E-state index contributed by atoms with van der Waals surface area (Å²) in [5.74, 6) is -1.31.